The average Bonchev–Trinajstić information content (AvgIpc) is 2.37. The number of hydrogen-bond donors (Lipinski definition) is 0. The predicted molar refractivity (Wildman–Crippen MR) is 62.1 cm³/mol. The van der Waals surface area contributed by atoms with Gasteiger partial charge in [0.15, 0.2) is 0 Å². The van der Waals surface area contributed by atoms with Crippen LogP contribution in [0.25, 0.3) is 0 Å². The van der Waals surface area contributed by atoms with Crippen LogP contribution in [-0.4, -0.2) is 42.4 Å². The maximum atomic E-state index is 11.9. The lowest BCUT2D eigenvalue weighted by molar-refractivity contribution is -0.385. The number of nitro groups is 1. The molecule has 0 radical (unpaired) electrons. The highest BCUT2D eigenvalue weighted by atomic mass is 16.6. The fourth-order valence-electron chi connectivity index (χ4n) is 1.35. The normalized spacial score (nSPS) is 9.67. The van der Waals surface area contributed by atoms with Gasteiger partial charge in [0.2, 0.25) is 0 Å². The van der Waals surface area contributed by atoms with Crippen LogP contribution in [0.5, 0.6) is 0 Å². The number of para-hydroxylation sites is 1. The monoisotopic (exact) mass is 252 g/mol. The Balaban J connectivity index is 2.97. The van der Waals surface area contributed by atoms with Gasteiger partial charge in [0.25, 0.3) is 11.6 Å². The number of nitrogens with zero attached hydrogens (tertiary/aromatic N) is 2. The number of benzene rings is 1. The molecule has 1 amide bonds. The molecule has 0 aromatic heterocycles. The molecular weight excluding hydrogens is 240 g/mol. The number of likely N-dealkylation sites (N-methyl/N-ethyl adjacent to an activating group) is 1. The first-order valence-electron chi connectivity index (χ1n) is 5.03. The number of carbonyl (C=O) groups is 2. The molecule has 1 aromatic rings. The second-order valence-corrected chi connectivity index (χ2v) is 3.51. The summed E-state index contributed by atoms with van der Waals surface area (Å²) in [5.41, 5.74) is -0.354. The summed E-state index contributed by atoms with van der Waals surface area (Å²) in [6, 6.07) is 5.56. The number of carbonyl (C=O) groups excluding carboxylic acids is 2. The number of nitro benzene ring substituents is 1. The molecule has 0 spiro atoms. The Bertz CT molecular complexity index is 486. The third-order valence-electron chi connectivity index (χ3n) is 2.27. The van der Waals surface area contributed by atoms with Gasteiger partial charge < -0.3 is 9.64 Å². The quantitative estimate of drug-likeness (QED) is 0.450. The number of rotatable bonds is 4. The summed E-state index contributed by atoms with van der Waals surface area (Å²) in [7, 11) is 2.57. The van der Waals surface area contributed by atoms with Crippen molar-refractivity contribution in [2.24, 2.45) is 0 Å². The van der Waals surface area contributed by atoms with E-state index in [9.17, 15) is 19.7 Å². The highest BCUT2D eigenvalue weighted by molar-refractivity contribution is 5.99. The van der Waals surface area contributed by atoms with Crippen molar-refractivity contribution in [3.63, 3.8) is 0 Å². The molecule has 0 aliphatic carbocycles. The van der Waals surface area contributed by atoms with Gasteiger partial charge in [0.1, 0.15) is 12.1 Å². The van der Waals surface area contributed by atoms with Crippen molar-refractivity contribution in [2.75, 3.05) is 20.7 Å². The van der Waals surface area contributed by atoms with Crippen LogP contribution in [0.4, 0.5) is 5.69 Å². The van der Waals surface area contributed by atoms with Gasteiger partial charge in [0.05, 0.1) is 12.0 Å². The van der Waals surface area contributed by atoms with Gasteiger partial charge in [-0.1, -0.05) is 12.1 Å². The average molecular weight is 252 g/mol. The summed E-state index contributed by atoms with van der Waals surface area (Å²) in [4.78, 5) is 34.2. The van der Waals surface area contributed by atoms with Gasteiger partial charge in [-0.25, -0.2) is 0 Å². The van der Waals surface area contributed by atoms with E-state index >= 15 is 0 Å². The van der Waals surface area contributed by atoms with Gasteiger partial charge in [-0.2, -0.15) is 0 Å². The summed E-state index contributed by atoms with van der Waals surface area (Å²) in [5.74, 6) is -1.20. The molecule has 0 aliphatic rings. The predicted octanol–water partition coefficient (Wildman–Crippen LogP) is 0.840. The van der Waals surface area contributed by atoms with Gasteiger partial charge in [-0.05, 0) is 6.07 Å². The number of ether oxygens (including phenoxy) is 1. The van der Waals surface area contributed by atoms with Crippen molar-refractivity contribution in [2.45, 2.75) is 0 Å². The minimum Gasteiger partial charge on any atom is -0.468 e. The molecule has 96 valence electrons. The third kappa shape index (κ3) is 3.03. The van der Waals surface area contributed by atoms with E-state index in [2.05, 4.69) is 4.74 Å². The van der Waals surface area contributed by atoms with E-state index in [1.165, 1.54) is 38.4 Å². The minimum atomic E-state index is -0.640. The Morgan fingerprint density at radius 1 is 1.39 bits per heavy atom. The summed E-state index contributed by atoms with van der Waals surface area (Å²) < 4.78 is 4.42. The minimum absolute atomic E-state index is 0.0612. The van der Waals surface area contributed by atoms with Crippen LogP contribution in [0, 0.1) is 10.1 Å². The Labute approximate surface area is 103 Å². The lowest BCUT2D eigenvalue weighted by Gasteiger charge is -2.15. The first kappa shape index (κ1) is 13.6. The van der Waals surface area contributed by atoms with Crippen molar-refractivity contribution in [3.8, 4) is 0 Å². The molecule has 0 atom stereocenters. The zero-order valence-electron chi connectivity index (χ0n) is 9.95. The molecule has 0 unspecified atom stereocenters. The van der Waals surface area contributed by atoms with Crippen LogP contribution in [0.1, 0.15) is 10.4 Å². The maximum Gasteiger partial charge on any atom is 0.325 e. The van der Waals surface area contributed by atoms with E-state index in [1.54, 1.807) is 0 Å². The number of esters is 1. The zero-order valence-corrected chi connectivity index (χ0v) is 9.95. The maximum absolute atomic E-state index is 11.9. The van der Waals surface area contributed by atoms with Crippen LogP contribution >= 0.6 is 0 Å². The summed E-state index contributed by atoms with van der Waals surface area (Å²) >= 11 is 0. The molecule has 1 aromatic carbocycles. The van der Waals surface area contributed by atoms with Crippen LogP contribution < -0.4 is 0 Å². The molecule has 1 rings (SSSR count). The Kier molecular flexibility index (Phi) is 4.36. The highest BCUT2D eigenvalue weighted by Crippen LogP contribution is 2.18. The molecule has 0 heterocycles. The molecule has 0 fully saturated rings. The van der Waals surface area contributed by atoms with Crippen molar-refractivity contribution in [1.82, 2.24) is 4.90 Å². The largest absolute Gasteiger partial charge is 0.468 e. The first-order valence-corrected chi connectivity index (χ1v) is 5.03. The molecule has 18 heavy (non-hydrogen) atoms. The molecule has 0 bridgehead atoms. The number of hydrogen-bond acceptors (Lipinski definition) is 5. The van der Waals surface area contributed by atoms with Crippen molar-refractivity contribution < 1.29 is 19.2 Å². The lowest BCUT2D eigenvalue weighted by atomic mass is 10.1. The van der Waals surface area contributed by atoms with Crippen LogP contribution in [0.3, 0.4) is 0 Å². The molecule has 0 saturated heterocycles. The summed E-state index contributed by atoms with van der Waals surface area (Å²) in [6.45, 7) is -0.263. The lowest BCUT2D eigenvalue weighted by Crippen LogP contribution is -2.33. The van der Waals surface area contributed by atoms with E-state index in [-0.39, 0.29) is 17.8 Å². The van der Waals surface area contributed by atoms with E-state index in [0.29, 0.717) is 0 Å². The fourth-order valence-corrected chi connectivity index (χ4v) is 1.35. The van der Waals surface area contributed by atoms with Gasteiger partial charge in [-0.3, -0.25) is 19.7 Å². The smallest absolute Gasteiger partial charge is 0.325 e. The zero-order chi connectivity index (χ0) is 13.7. The standard InChI is InChI=1S/C11H12N2O5/c1-12(7-10(14)18-2)11(15)8-5-3-4-6-9(8)13(16)17/h3-6H,7H2,1-2H3. The molecule has 7 nitrogen and oxygen atoms in total. The molecular formula is C11H12N2O5. The van der Waals surface area contributed by atoms with Gasteiger partial charge >= 0.3 is 5.97 Å². The van der Waals surface area contributed by atoms with Crippen LogP contribution in [0.15, 0.2) is 24.3 Å². The van der Waals surface area contributed by atoms with Gasteiger partial charge in [0, 0.05) is 13.1 Å². The second-order valence-electron chi connectivity index (χ2n) is 3.51. The second kappa shape index (κ2) is 5.76. The summed E-state index contributed by atoms with van der Waals surface area (Å²) in [6.07, 6.45) is 0. The SMILES string of the molecule is COC(=O)CN(C)C(=O)c1ccccc1[N+](=O)[O-]. The Morgan fingerprint density at radius 2 is 2.00 bits per heavy atom. The number of methoxy groups -OCH3 is 1. The number of amides is 1. The fraction of sp³-hybridized carbons (Fsp3) is 0.273. The van der Waals surface area contributed by atoms with E-state index in [4.69, 9.17) is 0 Å². The summed E-state index contributed by atoms with van der Waals surface area (Å²) in [5, 5.41) is 10.8. The third-order valence-corrected chi connectivity index (χ3v) is 2.27. The van der Waals surface area contributed by atoms with Crippen LogP contribution in [0.2, 0.25) is 0 Å². The molecule has 7 heteroatoms. The molecule has 0 N–H and O–H groups in total. The van der Waals surface area contributed by atoms with E-state index in [1.807, 2.05) is 0 Å². The molecule has 0 saturated carbocycles. The van der Waals surface area contributed by atoms with Gasteiger partial charge in [-0.15, -0.1) is 0 Å². The van der Waals surface area contributed by atoms with E-state index in [0.717, 1.165) is 4.90 Å². The first-order chi connectivity index (χ1) is 8.47. The van der Waals surface area contributed by atoms with Crippen molar-refractivity contribution in [1.29, 1.82) is 0 Å². The molecule has 0 aliphatic heterocycles. The van der Waals surface area contributed by atoms with E-state index < -0.39 is 16.8 Å². The van der Waals surface area contributed by atoms with Crippen molar-refractivity contribution >= 4 is 17.6 Å². The Morgan fingerprint density at radius 3 is 2.56 bits per heavy atom. The Hall–Kier alpha value is -2.44. The highest BCUT2D eigenvalue weighted by Gasteiger charge is 2.23. The topological polar surface area (TPSA) is 89.8 Å². The van der Waals surface area contributed by atoms with Crippen molar-refractivity contribution in [3.05, 3.63) is 39.9 Å². The van der Waals surface area contributed by atoms with Crippen LogP contribution in [-0.2, 0) is 9.53 Å².